The molecule has 3 aromatic rings. The summed E-state index contributed by atoms with van der Waals surface area (Å²) in [6, 6.07) is 11.4. The number of nitrogens with zero attached hydrogens (tertiary/aromatic N) is 2. The zero-order valence-electron chi connectivity index (χ0n) is 16.8. The summed E-state index contributed by atoms with van der Waals surface area (Å²) in [4.78, 5) is 24.2. The number of aryl methyl sites for hydroxylation is 1. The number of carbonyl (C=O) groups is 2. The van der Waals surface area contributed by atoms with E-state index in [9.17, 15) is 14.0 Å². The number of anilines is 3. The minimum absolute atomic E-state index is 0.0790. The molecule has 0 radical (unpaired) electrons. The van der Waals surface area contributed by atoms with Gasteiger partial charge < -0.3 is 20.7 Å². The predicted octanol–water partition coefficient (Wildman–Crippen LogP) is 3.58. The molecule has 8 nitrogen and oxygen atoms in total. The van der Waals surface area contributed by atoms with Gasteiger partial charge in [-0.2, -0.15) is 0 Å². The maximum Gasteiger partial charge on any atom is 0.243 e. The van der Waals surface area contributed by atoms with Crippen molar-refractivity contribution in [2.75, 3.05) is 30.0 Å². The van der Waals surface area contributed by atoms with Crippen molar-refractivity contribution in [3.8, 4) is 5.75 Å². The van der Waals surface area contributed by atoms with Crippen LogP contribution in [0.15, 0.2) is 46.8 Å². The first-order valence-electron chi connectivity index (χ1n) is 9.13. The number of halogens is 1. The van der Waals surface area contributed by atoms with Gasteiger partial charge in [-0.25, -0.2) is 4.39 Å². The molecular weight excluding hydrogens is 441 g/mol. The third-order valence-corrected chi connectivity index (χ3v) is 5.86. The van der Waals surface area contributed by atoms with Crippen molar-refractivity contribution >= 4 is 51.4 Å². The summed E-state index contributed by atoms with van der Waals surface area (Å²) in [7, 11) is 1.52. The standard InChI is InChI=1S/C20H20FN5O3S2/c1-12-6-7-16(29-2)15(8-12)24-17(27)10-22-18(28)11-30-20-26-25-19(31-20)23-14-5-3-4-13(21)9-14/h3-9H,10-11H2,1-2H3,(H,22,28)(H,23,25)(H,24,27). The quantitative estimate of drug-likeness (QED) is 0.418. The normalized spacial score (nSPS) is 10.4. The van der Waals surface area contributed by atoms with Gasteiger partial charge in [0.25, 0.3) is 0 Å². The second-order valence-corrected chi connectivity index (χ2v) is 8.53. The SMILES string of the molecule is COc1ccc(C)cc1NC(=O)CNC(=O)CSc1nnc(Nc2cccc(F)c2)s1. The van der Waals surface area contributed by atoms with Gasteiger partial charge in [-0.05, 0) is 42.8 Å². The van der Waals surface area contributed by atoms with E-state index in [4.69, 9.17) is 4.74 Å². The summed E-state index contributed by atoms with van der Waals surface area (Å²) in [5.41, 5.74) is 2.07. The predicted molar refractivity (Wildman–Crippen MR) is 120 cm³/mol. The number of amides is 2. The lowest BCUT2D eigenvalue weighted by Gasteiger charge is -2.11. The van der Waals surface area contributed by atoms with E-state index in [1.54, 1.807) is 24.3 Å². The van der Waals surface area contributed by atoms with Crippen LogP contribution in [0.1, 0.15) is 5.56 Å². The summed E-state index contributed by atoms with van der Waals surface area (Å²) in [5, 5.41) is 16.7. The number of ether oxygens (including phenoxy) is 1. The first-order chi connectivity index (χ1) is 14.9. The molecule has 3 N–H and O–H groups in total. The van der Waals surface area contributed by atoms with Crippen molar-refractivity contribution in [1.29, 1.82) is 0 Å². The number of aromatic nitrogens is 2. The van der Waals surface area contributed by atoms with E-state index in [0.717, 1.165) is 5.56 Å². The van der Waals surface area contributed by atoms with Crippen LogP contribution >= 0.6 is 23.1 Å². The van der Waals surface area contributed by atoms with Crippen LogP contribution in [0.5, 0.6) is 5.75 Å². The highest BCUT2D eigenvalue weighted by Gasteiger charge is 2.12. The maximum atomic E-state index is 13.2. The second-order valence-electron chi connectivity index (χ2n) is 6.33. The van der Waals surface area contributed by atoms with E-state index >= 15 is 0 Å². The third kappa shape index (κ3) is 6.93. The number of hydrogen-bond acceptors (Lipinski definition) is 8. The Morgan fingerprint density at radius 2 is 2.00 bits per heavy atom. The Kier molecular flexibility index (Phi) is 7.79. The minimum Gasteiger partial charge on any atom is -0.495 e. The molecule has 0 unspecified atom stereocenters. The molecule has 1 heterocycles. The first-order valence-corrected chi connectivity index (χ1v) is 10.9. The first kappa shape index (κ1) is 22.5. The smallest absolute Gasteiger partial charge is 0.243 e. The van der Waals surface area contributed by atoms with Crippen LogP contribution in [0.4, 0.5) is 20.9 Å². The fourth-order valence-corrected chi connectivity index (χ4v) is 4.08. The molecule has 0 fully saturated rings. The van der Waals surface area contributed by atoms with Crippen LogP contribution in [0.2, 0.25) is 0 Å². The summed E-state index contributed by atoms with van der Waals surface area (Å²) >= 11 is 2.43. The molecule has 2 aromatic carbocycles. The molecule has 0 saturated carbocycles. The fourth-order valence-electron chi connectivity index (χ4n) is 2.48. The zero-order chi connectivity index (χ0) is 22.2. The Bertz CT molecular complexity index is 1080. The third-order valence-electron chi connectivity index (χ3n) is 3.88. The van der Waals surface area contributed by atoms with Crippen molar-refractivity contribution in [3.05, 3.63) is 53.8 Å². The van der Waals surface area contributed by atoms with Crippen molar-refractivity contribution in [2.45, 2.75) is 11.3 Å². The van der Waals surface area contributed by atoms with Crippen molar-refractivity contribution in [2.24, 2.45) is 0 Å². The zero-order valence-corrected chi connectivity index (χ0v) is 18.4. The van der Waals surface area contributed by atoms with E-state index in [1.165, 1.54) is 42.3 Å². The van der Waals surface area contributed by atoms with Gasteiger partial charge in [0.15, 0.2) is 4.34 Å². The number of carbonyl (C=O) groups excluding carboxylic acids is 2. The number of thioether (sulfide) groups is 1. The molecule has 11 heteroatoms. The van der Waals surface area contributed by atoms with Gasteiger partial charge in [0.2, 0.25) is 16.9 Å². The average molecular weight is 462 g/mol. The molecule has 0 aliphatic heterocycles. The van der Waals surface area contributed by atoms with Gasteiger partial charge in [0.05, 0.1) is 25.1 Å². The molecule has 0 spiro atoms. The highest BCUT2D eigenvalue weighted by molar-refractivity contribution is 8.01. The Morgan fingerprint density at radius 1 is 1.16 bits per heavy atom. The topological polar surface area (TPSA) is 105 Å². The molecule has 0 bridgehead atoms. The van der Waals surface area contributed by atoms with E-state index < -0.39 is 0 Å². The highest BCUT2D eigenvalue weighted by Crippen LogP contribution is 2.28. The average Bonchev–Trinajstić information content (AvgIpc) is 3.18. The fraction of sp³-hybridized carbons (Fsp3) is 0.200. The van der Waals surface area contributed by atoms with Gasteiger partial charge in [0, 0.05) is 5.69 Å². The highest BCUT2D eigenvalue weighted by atomic mass is 32.2. The molecule has 1 aromatic heterocycles. The Morgan fingerprint density at radius 3 is 2.77 bits per heavy atom. The second kappa shape index (κ2) is 10.7. The Balaban J connectivity index is 1.43. The minimum atomic E-state index is -0.361. The molecule has 31 heavy (non-hydrogen) atoms. The van der Waals surface area contributed by atoms with Crippen LogP contribution in [-0.2, 0) is 9.59 Å². The van der Waals surface area contributed by atoms with E-state index in [-0.39, 0.29) is 29.9 Å². The molecule has 0 aliphatic rings. The molecule has 162 valence electrons. The number of benzene rings is 2. The van der Waals surface area contributed by atoms with Crippen LogP contribution in [-0.4, -0.2) is 41.4 Å². The lowest BCUT2D eigenvalue weighted by atomic mass is 10.2. The monoisotopic (exact) mass is 461 g/mol. The van der Waals surface area contributed by atoms with Crippen LogP contribution in [0.25, 0.3) is 0 Å². The molecule has 3 rings (SSSR count). The van der Waals surface area contributed by atoms with Crippen molar-refractivity contribution in [3.63, 3.8) is 0 Å². The summed E-state index contributed by atoms with van der Waals surface area (Å²) < 4.78 is 19.0. The van der Waals surface area contributed by atoms with Crippen LogP contribution < -0.4 is 20.7 Å². The van der Waals surface area contributed by atoms with Gasteiger partial charge >= 0.3 is 0 Å². The van der Waals surface area contributed by atoms with Crippen LogP contribution in [0, 0.1) is 12.7 Å². The van der Waals surface area contributed by atoms with Crippen LogP contribution in [0.3, 0.4) is 0 Å². The molecule has 0 aliphatic carbocycles. The number of methoxy groups -OCH3 is 1. The lowest BCUT2D eigenvalue weighted by molar-refractivity contribution is -0.122. The summed E-state index contributed by atoms with van der Waals surface area (Å²) in [6.07, 6.45) is 0. The Hall–Kier alpha value is -3.18. The van der Waals surface area contributed by atoms with E-state index in [2.05, 4.69) is 26.1 Å². The lowest BCUT2D eigenvalue weighted by Crippen LogP contribution is -2.34. The Labute approximate surface area is 186 Å². The largest absolute Gasteiger partial charge is 0.495 e. The molecule has 2 amide bonds. The summed E-state index contributed by atoms with van der Waals surface area (Å²) in [5.74, 6) is -0.410. The van der Waals surface area contributed by atoms with E-state index in [1.807, 2.05) is 13.0 Å². The van der Waals surface area contributed by atoms with E-state index in [0.29, 0.717) is 26.6 Å². The van der Waals surface area contributed by atoms with Crippen molar-refractivity contribution in [1.82, 2.24) is 15.5 Å². The van der Waals surface area contributed by atoms with Gasteiger partial charge in [0.1, 0.15) is 11.6 Å². The van der Waals surface area contributed by atoms with Gasteiger partial charge in [-0.15, -0.1) is 10.2 Å². The van der Waals surface area contributed by atoms with Gasteiger partial charge in [-0.3, -0.25) is 9.59 Å². The maximum absolute atomic E-state index is 13.2. The van der Waals surface area contributed by atoms with Crippen molar-refractivity contribution < 1.29 is 18.7 Å². The van der Waals surface area contributed by atoms with Gasteiger partial charge in [-0.1, -0.05) is 35.2 Å². The molecule has 0 saturated heterocycles. The molecular formula is C20H20FN5O3S2. The molecule has 0 atom stereocenters. The number of hydrogen-bond donors (Lipinski definition) is 3. The number of rotatable bonds is 9. The summed E-state index contributed by atoms with van der Waals surface area (Å²) in [6.45, 7) is 1.74. The number of nitrogens with one attached hydrogen (secondary N) is 3.